The van der Waals surface area contributed by atoms with E-state index >= 15 is 0 Å². The molecule has 4 heteroatoms. The monoisotopic (exact) mass is 310 g/mol. The topological polar surface area (TPSA) is 24.5 Å². The molecule has 0 radical (unpaired) electrons. The first-order valence-electron chi connectivity index (χ1n) is 9.02. The van der Waals surface area contributed by atoms with E-state index in [1.165, 1.54) is 76.1 Å². The standard InChI is InChI=1S/C17H30N2OS/c1-2-14(1)12-18-15-3-7-19(8-4-15)16-5-9-20-17(11-16)6-10-21-13-17/h14-16,18H,1-13H2. The Labute approximate surface area is 133 Å². The van der Waals surface area contributed by atoms with Crippen molar-refractivity contribution in [1.82, 2.24) is 10.2 Å². The fourth-order valence-electron chi connectivity index (χ4n) is 4.30. The summed E-state index contributed by atoms with van der Waals surface area (Å²) in [6.07, 6.45) is 9.47. The molecule has 0 aromatic rings. The predicted molar refractivity (Wildman–Crippen MR) is 89.0 cm³/mol. The van der Waals surface area contributed by atoms with Gasteiger partial charge in [-0.1, -0.05) is 0 Å². The van der Waals surface area contributed by atoms with Crippen molar-refractivity contribution in [3.05, 3.63) is 0 Å². The molecule has 3 saturated heterocycles. The third-order valence-electron chi connectivity index (χ3n) is 5.97. The number of nitrogens with one attached hydrogen (secondary N) is 1. The van der Waals surface area contributed by atoms with Gasteiger partial charge in [0.25, 0.3) is 0 Å². The van der Waals surface area contributed by atoms with Gasteiger partial charge in [0, 0.05) is 24.4 Å². The summed E-state index contributed by atoms with van der Waals surface area (Å²) in [6.45, 7) is 4.87. The van der Waals surface area contributed by atoms with Crippen LogP contribution in [0, 0.1) is 5.92 Å². The lowest BCUT2D eigenvalue weighted by atomic mass is 9.88. The number of likely N-dealkylation sites (tertiary alicyclic amines) is 1. The van der Waals surface area contributed by atoms with Gasteiger partial charge in [-0.25, -0.2) is 0 Å². The summed E-state index contributed by atoms with van der Waals surface area (Å²) in [4.78, 5) is 2.78. The van der Waals surface area contributed by atoms with E-state index in [0.717, 1.165) is 24.6 Å². The molecule has 0 aromatic carbocycles. The fraction of sp³-hybridized carbons (Fsp3) is 1.00. The maximum atomic E-state index is 6.18. The van der Waals surface area contributed by atoms with E-state index in [1.54, 1.807) is 0 Å². The molecular formula is C17H30N2OS. The summed E-state index contributed by atoms with van der Waals surface area (Å²) < 4.78 is 6.18. The van der Waals surface area contributed by atoms with Gasteiger partial charge in [0.2, 0.25) is 0 Å². The van der Waals surface area contributed by atoms with Crippen LogP contribution < -0.4 is 5.32 Å². The number of rotatable bonds is 4. The molecule has 1 N–H and O–H groups in total. The van der Waals surface area contributed by atoms with Crippen molar-refractivity contribution in [2.75, 3.05) is 37.7 Å². The van der Waals surface area contributed by atoms with Crippen molar-refractivity contribution in [2.24, 2.45) is 5.92 Å². The summed E-state index contributed by atoms with van der Waals surface area (Å²) in [5, 5.41) is 3.80. The van der Waals surface area contributed by atoms with Crippen LogP contribution in [0.2, 0.25) is 0 Å². The lowest BCUT2D eigenvalue weighted by molar-refractivity contribution is -0.0921. The summed E-state index contributed by atoms with van der Waals surface area (Å²) in [5.41, 5.74) is 0.245. The number of ether oxygens (including phenoxy) is 1. The van der Waals surface area contributed by atoms with E-state index in [4.69, 9.17) is 4.74 Å². The first-order chi connectivity index (χ1) is 10.3. The van der Waals surface area contributed by atoms with E-state index in [-0.39, 0.29) is 5.60 Å². The largest absolute Gasteiger partial charge is 0.374 e. The second kappa shape index (κ2) is 6.38. The van der Waals surface area contributed by atoms with Crippen LogP contribution in [0.1, 0.15) is 44.9 Å². The Morgan fingerprint density at radius 2 is 2.00 bits per heavy atom. The minimum atomic E-state index is 0.245. The van der Waals surface area contributed by atoms with E-state index in [2.05, 4.69) is 22.0 Å². The van der Waals surface area contributed by atoms with Crippen LogP contribution in [0.4, 0.5) is 0 Å². The van der Waals surface area contributed by atoms with Crippen molar-refractivity contribution in [3.63, 3.8) is 0 Å². The van der Waals surface area contributed by atoms with Crippen LogP contribution in [0.25, 0.3) is 0 Å². The molecule has 0 bridgehead atoms. The molecule has 2 atom stereocenters. The van der Waals surface area contributed by atoms with Crippen LogP contribution in [-0.2, 0) is 4.74 Å². The number of piperidine rings is 1. The van der Waals surface area contributed by atoms with Gasteiger partial charge in [-0.15, -0.1) is 0 Å². The van der Waals surface area contributed by atoms with Crippen LogP contribution >= 0.6 is 11.8 Å². The van der Waals surface area contributed by atoms with Gasteiger partial charge in [-0.05, 0) is 76.3 Å². The van der Waals surface area contributed by atoms with Crippen LogP contribution in [0.5, 0.6) is 0 Å². The van der Waals surface area contributed by atoms with Gasteiger partial charge in [-0.2, -0.15) is 11.8 Å². The average molecular weight is 311 g/mol. The second-order valence-corrected chi connectivity index (χ2v) is 8.75. The van der Waals surface area contributed by atoms with Gasteiger partial charge in [-0.3, -0.25) is 0 Å². The molecule has 2 unspecified atom stereocenters. The highest BCUT2D eigenvalue weighted by Gasteiger charge is 2.42. The average Bonchev–Trinajstić information content (AvgIpc) is 3.26. The number of hydrogen-bond acceptors (Lipinski definition) is 4. The van der Waals surface area contributed by atoms with Crippen molar-refractivity contribution in [2.45, 2.75) is 62.6 Å². The molecule has 0 amide bonds. The van der Waals surface area contributed by atoms with Gasteiger partial charge < -0.3 is 15.0 Å². The van der Waals surface area contributed by atoms with Gasteiger partial charge in [0.1, 0.15) is 0 Å². The molecule has 4 rings (SSSR count). The Morgan fingerprint density at radius 1 is 1.14 bits per heavy atom. The Morgan fingerprint density at radius 3 is 2.71 bits per heavy atom. The first-order valence-corrected chi connectivity index (χ1v) is 10.2. The van der Waals surface area contributed by atoms with E-state index in [9.17, 15) is 0 Å². The molecule has 120 valence electrons. The van der Waals surface area contributed by atoms with Gasteiger partial charge in [0.15, 0.2) is 0 Å². The van der Waals surface area contributed by atoms with E-state index in [1.807, 2.05) is 0 Å². The quantitative estimate of drug-likeness (QED) is 0.862. The second-order valence-electron chi connectivity index (χ2n) is 7.64. The SMILES string of the molecule is C1CC(N2CCC(NCC3CC3)CC2)CC2(CCSC2)O1. The van der Waals surface area contributed by atoms with Gasteiger partial charge >= 0.3 is 0 Å². The van der Waals surface area contributed by atoms with Crippen molar-refractivity contribution in [3.8, 4) is 0 Å². The molecule has 0 aromatic heterocycles. The third-order valence-corrected chi connectivity index (χ3v) is 7.20. The van der Waals surface area contributed by atoms with Crippen LogP contribution in [-0.4, -0.2) is 60.3 Å². The van der Waals surface area contributed by atoms with Crippen molar-refractivity contribution < 1.29 is 4.74 Å². The molecule has 1 saturated carbocycles. The predicted octanol–water partition coefficient (Wildman–Crippen LogP) is 2.51. The highest BCUT2D eigenvalue weighted by molar-refractivity contribution is 7.99. The minimum Gasteiger partial charge on any atom is -0.374 e. The van der Waals surface area contributed by atoms with Gasteiger partial charge in [0.05, 0.1) is 5.60 Å². The Kier molecular flexibility index (Phi) is 4.50. The highest BCUT2D eigenvalue weighted by Crippen LogP contribution is 2.40. The zero-order valence-corrected chi connectivity index (χ0v) is 14.0. The molecule has 3 heterocycles. The third kappa shape index (κ3) is 3.60. The van der Waals surface area contributed by atoms with Crippen molar-refractivity contribution in [1.29, 1.82) is 0 Å². The summed E-state index contributed by atoms with van der Waals surface area (Å²) in [7, 11) is 0. The lowest BCUT2D eigenvalue weighted by Gasteiger charge is -2.45. The summed E-state index contributed by atoms with van der Waals surface area (Å²) in [6, 6.07) is 1.58. The Hall–Kier alpha value is 0.230. The Balaban J connectivity index is 1.25. The minimum absolute atomic E-state index is 0.245. The zero-order chi connectivity index (χ0) is 14.1. The van der Waals surface area contributed by atoms with Crippen LogP contribution in [0.15, 0.2) is 0 Å². The fourth-order valence-corrected chi connectivity index (χ4v) is 5.68. The summed E-state index contributed by atoms with van der Waals surface area (Å²) in [5.74, 6) is 3.56. The molecule has 21 heavy (non-hydrogen) atoms. The number of nitrogens with zero attached hydrogens (tertiary/aromatic N) is 1. The number of thioether (sulfide) groups is 1. The van der Waals surface area contributed by atoms with Crippen LogP contribution in [0.3, 0.4) is 0 Å². The highest BCUT2D eigenvalue weighted by atomic mass is 32.2. The molecule has 1 spiro atoms. The van der Waals surface area contributed by atoms with E-state index in [0.29, 0.717) is 0 Å². The molecule has 3 nitrogen and oxygen atoms in total. The van der Waals surface area contributed by atoms with Crippen molar-refractivity contribution >= 4 is 11.8 Å². The molecule has 4 fully saturated rings. The molecule has 3 aliphatic heterocycles. The maximum Gasteiger partial charge on any atom is 0.0795 e. The Bertz CT molecular complexity index is 347. The normalized spacial score (nSPS) is 39.1. The first kappa shape index (κ1) is 14.8. The number of hydrogen-bond donors (Lipinski definition) is 1. The van der Waals surface area contributed by atoms with E-state index < -0.39 is 0 Å². The molecule has 4 aliphatic rings. The lowest BCUT2D eigenvalue weighted by Crippen LogP contribution is -2.52. The molecular weight excluding hydrogens is 280 g/mol. The zero-order valence-electron chi connectivity index (χ0n) is 13.2. The summed E-state index contributed by atoms with van der Waals surface area (Å²) >= 11 is 2.09. The maximum absolute atomic E-state index is 6.18. The smallest absolute Gasteiger partial charge is 0.0795 e. The molecule has 1 aliphatic carbocycles.